The molecule has 0 aliphatic carbocycles. The van der Waals surface area contributed by atoms with Gasteiger partial charge in [0.1, 0.15) is 12.3 Å². The maximum Gasteiger partial charge on any atom is 0.257 e. The van der Waals surface area contributed by atoms with Crippen LogP contribution >= 0.6 is 11.6 Å². The van der Waals surface area contributed by atoms with E-state index in [0.29, 0.717) is 28.8 Å². The van der Waals surface area contributed by atoms with E-state index in [1.54, 1.807) is 23.1 Å². The fourth-order valence-corrected chi connectivity index (χ4v) is 3.29. The van der Waals surface area contributed by atoms with E-state index >= 15 is 0 Å². The Morgan fingerprint density at radius 3 is 3.00 bits per heavy atom. The number of piperidine rings is 1. The van der Waals surface area contributed by atoms with Crippen molar-refractivity contribution in [3.8, 4) is 11.4 Å². The quantitative estimate of drug-likeness (QED) is 0.696. The summed E-state index contributed by atoms with van der Waals surface area (Å²) in [5, 5.41) is 4.67. The fourth-order valence-electron chi connectivity index (χ4n) is 3.10. The number of likely N-dealkylation sites (tertiary alicyclic amines) is 1. The van der Waals surface area contributed by atoms with Gasteiger partial charge in [-0.15, -0.1) is 0 Å². The Bertz CT molecular complexity index is 875. The minimum atomic E-state index is -0.225. The van der Waals surface area contributed by atoms with Crippen LogP contribution in [0.5, 0.6) is 0 Å². The van der Waals surface area contributed by atoms with Gasteiger partial charge in [-0.25, -0.2) is 0 Å². The van der Waals surface area contributed by atoms with Crippen molar-refractivity contribution in [3.63, 3.8) is 0 Å². The van der Waals surface area contributed by atoms with Gasteiger partial charge >= 0.3 is 0 Å². The summed E-state index contributed by atoms with van der Waals surface area (Å²) in [4.78, 5) is 19.0. The lowest BCUT2D eigenvalue weighted by atomic mass is 10.0. The summed E-state index contributed by atoms with van der Waals surface area (Å²) in [6.07, 6.45) is 5.71. The monoisotopic (exact) mass is 357 g/mol. The molecule has 1 atom stereocenters. The third kappa shape index (κ3) is 3.17. The summed E-state index contributed by atoms with van der Waals surface area (Å²) in [6, 6.07) is 8.72. The van der Waals surface area contributed by atoms with Crippen LogP contribution in [-0.4, -0.2) is 27.5 Å². The van der Waals surface area contributed by atoms with Crippen molar-refractivity contribution in [1.29, 1.82) is 0 Å². The first kappa shape index (κ1) is 15.9. The van der Waals surface area contributed by atoms with Crippen LogP contribution < -0.4 is 0 Å². The highest BCUT2D eigenvalue weighted by Gasteiger charge is 2.33. The number of carbonyl (C=O) groups excluding carboxylic acids is 1. The Morgan fingerprint density at radius 2 is 2.20 bits per heavy atom. The number of carbonyl (C=O) groups is 1. The molecule has 1 unspecified atom stereocenters. The van der Waals surface area contributed by atoms with Gasteiger partial charge in [-0.05, 0) is 37.5 Å². The highest BCUT2D eigenvalue weighted by Crippen LogP contribution is 2.32. The van der Waals surface area contributed by atoms with Crippen molar-refractivity contribution in [3.05, 3.63) is 59.3 Å². The first-order valence-corrected chi connectivity index (χ1v) is 8.53. The number of aromatic nitrogens is 2. The number of halogens is 1. The molecule has 0 radical (unpaired) electrons. The van der Waals surface area contributed by atoms with Gasteiger partial charge in [0, 0.05) is 17.1 Å². The van der Waals surface area contributed by atoms with E-state index in [1.807, 2.05) is 12.1 Å². The standard InChI is InChI=1S/C18H16ClN3O3/c19-14-5-3-4-12(10-14)16-20-17(25-21-16)15-6-1-2-8-22(15)18(23)13-7-9-24-11-13/h3-5,7,9-11,15H,1-2,6,8H2. The van der Waals surface area contributed by atoms with Crippen molar-refractivity contribution >= 4 is 17.5 Å². The molecule has 0 N–H and O–H groups in total. The number of hydrogen-bond acceptors (Lipinski definition) is 5. The van der Waals surface area contributed by atoms with Gasteiger partial charge < -0.3 is 13.8 Å². The lowest BCUT2D eigenvalue weighted by Gasteiger charge is -2.33. The number of benzene rings is 1. The lowest BCUT2D eigenvalue weighted by molar-refractivity contribution is 0.0560. The third-order valence-electron chi connectivity index (χ3n) is 4.34. The Labute approximate surface area is 149 Å². The van der Waals surface area contributed by atoms with E-state index < -0.39 is 0 Å². The Morgan fingerprint density at radius 1 is 1.28 bits per heavy atom. The van der Waals surface area contributed by atoms with Crippen LogP contribution in [0.25, 0.3) is 11.4 Å². The third-order valence-corrected chi connectivity index (χ3v) is 4.58. The molecule has 1 fully saturated rings. The Kier molecular flexibility index (Phi) is 4.28. The molecule has 4 rings (SSSR count). The van der Waals surface area contributed by atoms with Crippen LogP contribution in [0.3, 0.4) is 0 Å². The summed E-state index contributed by atoms with van der Waals surface area (Å²) in [5.74, 6) is 0.839. The van der Waals surface area contributed by atoms with Crippen molar-refractivity contribution < 1.29 is 13.7 Å². The fraction of sp³-hybridized carbons (Fsp3) is 0.278. The molecule has 128 valence electrons. The van der Waals surface area contributed by atoms with Crippen molar-refractivity contribution in [2.75, 3.05) is 6.54 Å². The molecule has 0 spiro atoms. The second-order valence-corrected chi connectivity index (χ2v) is 6.43. The highest BCUT2D eigenvalue weighted by atomic mass is 35.5. The van der Waals surface area contributed by atoms with Crippen LogP contribution in [-0.2, 0) is 0 Å². The first-order chi connectivity index (χ1) is 12.2. The van der Waals surface area contributed by atoms with E-state index in [9.17, 15) is 4.79 Å². The summed E-state index contributed by atoms with van der Waals surface area (Å²) in [6.45, 7) is 0.656. The molecule has 7 heteroatoms. The number of rotatable bonds is 3. The average Bonchev–Trinajstić information content (AvgIpc) is 3.33. The summed E-state index contributed by atoms with van der Waals surface area (Å²) >= 11 is 6.02. The molecule has 1 aromatic carbocycles. The Balaban J connectivity index is 1.62. The van der Waals surface area contributed by atoms with Crippen molar-refractivity contribution in [1.82, 2.24) is 15.0 Å². The smallest absolute Gasteiger partial charge is 0.257 e. The van der Waals surface area contributed by atoms with Gasteiger partial charge in [-0.1, -0.05) is 28.9 Å². The second kappa shape index (κ2) is 6.72. The number of amides is 1. The molecule has 1 aliphatic heterocycles. The van der Waals surface area contributed by atoms with Crippen LogP contribution in [0, 0.1) is 0 Å². The zero-order valence-corrected chi connectivity index (χ0v) is 14.1. The minimum absolute atomic E-state index is 0.0824. The van der Waals surface area contributed by atoms with Crippen LogP contribution in [0.2, 0.25) is 5.02 Å². The van der Waals surface area contributed by atoms with E-state index in [0.717, 1.165) is 24.8 Å². The summed E-state index contributed by atoms with van der Waals surface area (Å²) in [7, 11) is 0. The van der Waals surface area contributed by atoms with E-state index in [1.165, 1.54) is 12.5 Å². The number of furan rings is 1. The van der Waals surface area contributed by atoms with Crippen LogP contribution in [0.4, 0.5) is 0 Å². The second-order valence-electron chi connectivity index (χ2n) is 5.99. The van der Waals surface area contributed by atoms with Crippen molar-refractivity contribution in [2.45, 2.75) is 25.3 Å². The molecule has 0 saturated carbocycles. The molecule has 1 amide bonds. The first-order valence-electron chi connectivity index (χ1n) is 8.15. The molecule has 3 heterocycles. The van der Waals surface area contributed by atoms with Crippen LogP contribution in [0.1, 0.15) is 41.6 Å². The number of nitrogens with zero attached hydrogens (tertiary/aromatic N) is 3. The summed E-state index contributed by atoms with van der Waals surface area (Å²) < 4.78 is 10.5. The largest absolute Gasteiger partial charge is 0.472 e. The molecule has 0 bridgehead atoms. The van der Waals surface area contributed by atoms with Gasteiger partial charge in [0.15, 0.2) is 0 Å². The lowest BCUT2D eigenvalue weighted by Crippen LogP contribution is -2.38. The molecule has 6 nitrogen and oxygen atoms in total. The minimum Gasteiger partial charge on any atom is -0.472 e. The normalized spacial score (nSPS) is 17.6. The molecule has 25 heavy (non-hydrogen) atoms. The van der Waals surface area contributed by atoms with Gasteiger partial charge in [-0.3, -0.25) is 4.79 Å². The molecular formula is C18H16ClN3O3. The SMILES string of the molecule is O=C(c1ccoc1)N1CCCCC1c1nc(-c2cccc(Cl)c2)no1. The predicted octanol–water partition coefficient (Wildman–Crippen LogP) is 4.35. The molecular weight excluding hydrogens is 342 g/mol. The molecule has 1 saturated heterocycles. The van der Waals surface area contributed by atoms with Crippen LogP contribution in [0.15, 0.2) is 51.8 Å². The van der Waals surface area contributed by atoms with E-state index in [2.05, 4.69) is 10.1 Å². The highest BCUT2D eigenvalue weighted by molar-refractivity contribution is 6.30. The van der Waals surface area contributed by atoms with E-state index in [4.69, 9.17) is 20.5 Å². The Hall–Kier alpha value is -2.60. The average molecular weight is 358 g/mol. The molecule has 3 aromatic rings. The van der Waals surface area contributed by atoms with Crippen molar-refractivity contribution in [2.24, 2.45) is 0 Å². The predicted molar refractivity (Wildman–Crippen MR) is 91.1 cm³/mol. The van der Waals surface area contributed by atoms with Gasteiger partial charge in [0.25, 0.3) is 5.91 Å². The zero-order valence-electron chi connectivity index (χ0n) is 13.4. The number of hydrogen-bond donors (Lipinski definition) is 0. The maximum atomic E-state index is 12.7. The molecule has 2 aromatic heterocycles. The van der Waals surface area contributed by atoms with Gasteiger partial charge in [-0.2, -0.15) is 4.98 Å². The van der Waals surface area contributed by atoms with E-state index in [-0.39, 0.29) is 11.9 Å². The van der Waals surface area contributed by atoms with Gasteiger partial charge in [0.05, 0.1) is 11.8 Å². The van der Waals surface area contributed by atoms with Gasteiger partial charge in [0.2, 0.25) is 11.7 Å². The zero-order chi connectivity index (χ0) is 17.2. The molecule has 1 aliphatic rings. The topological polar surface area (TPSA) is 72.4 Å². The summed E-state index contributed by atoms with van der Waals surface area (Å²) in [5.41, 5.74) is 1.31. The maximum absolute atomic E-state index is 12.7.